The highest BCUT2D eigenvalue weighted by Crippen LogP contribution is 2.48. The van der Waals surface area contributed by atoms with Crippen LogP contribution in [0.2, 0.25) is 0 Å². The lowest BCUT2D eigenvalue weighted by atomic mass is 9.88. The van der Waals surface area contributed by atoms with Gasteiger partial charge in [0.15, 0.2) is 15.9 Å². The van der Waals surface area contributed by atoms with Crippen LogP contribution in [0.5, 0.6) is 21.6 Å². The number of hydrogen-bond acceptors (Lipinski definition) is 6. The fourth-order valence-corrected chi connectivity index (χ4v) is 8.27. The van der Waals surface area contributed by atoms with Gasteiger partial charge in [-0.15, -0.1) is 22.7 Å². The molecule has 0 spiro atoms. The summed E-state index contributed by atoms with van der Waals surface area (Å²) >= 11 is 3.33. The van der Waals surface area contributed by atoms with Crippen molar-refractivity contribution in [3.05, 3.63) is 109 Å². The molecular formula is C38H40N2O3S2. The number of ketones is 1. The minimum Gasteiger partial charge on any atom is -0.446 e. The molecule has 3 aromatic heterocycles. The summed E-state index contributed by atoms with van der Waals surface area (Å²) in [5, 5.41) is 6.17. The molecule has 5 nitrogen and oxygen atoms in total. The fraction of sp³-hybridized carbons (Fsp3) is 0.316. The molecular weight excluding hydrogens is 597 g/mol. The molecule has 0 N–H and O–H groups in total. The minimum atomic E-state index is 0.131. The lowest BCUT2D eigenvalue weighted by Crippen LogP contribution is -2.13. The first-order valence-electron chi connectivity index (χ1n) is 15.5. The van der Waals surface area contributed by atoms with Crippen molar-refractivity contribution in [2.45, 2.75) is 74.1 Å². The highest BCUT2D eigenvalue weighted by Gasteiger charge is 2.30. The number of aryl methyl sites for hydroxylation is 8. The number of allylic oxidation sites excluding steroid dienone is 2. The standard InChI is InChI=1S/C19H20N2OS.C19H20O2S/c1-11-5-7-15(9-12(11)2)22-19-17-16(13(3)23-19)8-6-14-10-20-21(4)18(14)17;1-5-14-7-9-16-13(4)22-19(17(16)18(14)20)21-15-8-6-11(2)12(3)10-15/h5,7,9-10H,6,8H2,1-4H3;5-6,8,10H,7,9H2,1-4H3/b;14-5+. The Bertz CT molecular complexity index is 1970. The Kier molecular flexibility index (Phi) is 8.59. The van der Waals surface area contributed by atoms with Crippen molar-refractivity contribution in [1.82, 2.24) is 9.78 Å². The SMILES string of the molecule is C/C=C1\CCc2c(C)sc(Oc3ccc(C)c(C)c3)c2C1=O.Cc1ccc(Oc2sc(C)c3c2-c2c(cnn2C)CC3)cc1C. The van der Waals surface area contributed by atoms with E-state index in [1.807, 2.05) is 43.1 Å². The van der Waals surface area contributed by atoms with E-state index in [0.717, 1.165) is 58.4 Å². The largest absolute Gasteiger partial charge is 0.446 e. The topological polar surface area (TPSA) is 53.4 Å². The molecule has 0 unspecified atom stereocenters. The van der Waals surface area contributed by atoms with Gasteiger partial charge in [-0.05, 0) is 143 Å². The van der Waals surface area contributed by atoms with Gasteiger partial charge in [-0.25, -0.2) is 0 Å². The molecule has 3 heterocycles. The van der Waals surface area contributed by atoms with Crippen LogP contribution in [0.3, 0.4) is 0 Å². The zero-order chi connectivity index (χ0) is 32.0. The Hall–Kier alpha value is -3.94. The highest BCUT2D eigenvalue weighted by molar-refractivity contribution is 7.14. The zero-order valence-electron chi connectivity index (χ0n) is 27.4. The summed E-state index contributed by atoms with van der Waals surface area (Å²) in [6, 6.07) is 12.3. The number of carbonyl (C=O) groups is 1. The molecule has 2 aromatic carbocycles. The average Bonchev–Trinajstić information content (AvgIpc) is 3.66. The molecule has 0 radical (unpaired) electrons. The number of rotatable bonds is 4. The molecule has 232 valence electrons. The van der Waals surface area contributed by atoms with Crippen LogP contribution in [-0.4, -0.2) is 15.6 Å². The first kappa shape index (κ1) is 31.1. The van der Waals surface area contributed by atoms with Crippen LogP contribution in [0.1, 0.15) is 72.4 Å². The second kappa shape index (κ2) is 12.5. The number of benzene rings is 2. The van der Waals surface area contributed by atoms with Crippen molar-refractivity contribution in [3.8, 4) is 32.9 Å². The van der Waals surface area contributed by atoms with Crippen LogP contribution in [0, 0.1) is 41.5 Å². The first-order valence-corrected chi connectivity index (χ1v) is 17.1. The van der Waals surface area contributed by atoms with E-state index in [9.17, 15) is 4.79 Å². The first-order chi connectivity index (χ1) is 21.5. The van der Waals surface area contributed by atoms with Crippen molar-refractivity contribution in [2.24, 2.45) is 7.05 Å². The number of carbonyl (C=O) groups excluding carboxylic acids is 1. The second-order valence-corrected chi connectivity index (χ2v) is 14.5. The minimum absolute atomic E-state index is 0.131. The van der Waals surface area contributed by atoms with Crippen molar-refractivity contribution < 1.29 is 14.3 Å². The quantitative estimate of drug-likeness (QED) is 0.184. The summed E-state index contributed by atoms with van der Waals surface area (Å²) in [6.45, 7) is 14.6. The van der Waals surface area contributed by atoms with Gasteiger partial charge >= 0.3 is 0 Å². The van der Waals surface area contributed by atoms with E-state index >= 15 is 0 Å². The summed E-state index contributed by atoms with van der Waals surface area (Å²) in [7, 11) is 2.01. The maximum atomic E-state index is 12.7. The van der Waals surface area contributed by atoms with Gasteiger partial charge in [-0.1, -0.05) is 18.2 Å². The fourth-order valence-electron chi connectivity index (χ4n) is 6.14. The summed E-state index contributed by atoms with van der Waals surface area (Å²) in [6.07, 6.45) is 7.83. The van der Waals surface area contributed by atoms with Gasteiger partial charge in [0.05, 0.1) is 23.0 Å². The van der Waals surface area contributed by atoms with E-state index in [0.29, 0.717) is 0 Å². The van der Waals surface area contributed by atoms with Crippen LogP contribution in [0.4, 0.5) is 0 Å². The van der Waals surface area contributed by atoms with E-state index < -0.39 is 0 Å². The van der Waals surface area contributed by atoms with Gasteiger partial charge in [0, 0.05) is 16.8 Å². The Morgan fingerprint density at radius 1 is 0.733 bits per heavy atom. The van der Waals surface area contributed by atoms with Crippen LogP contribution in [0.15, 0.2) is 54.2 Å². The monoisotopic (exact) mass is 636 g/mol. The third kappa shape index (κ3) is 5.91. The average molecular weight is 637 g/mol. The molecule has 0 amide bonds. The van der Waals surface area contributed by atoms with E-state index in [-0.39, 0.29) is 5.78 Å². The van der Waals surface area contributed by atoms with E-state index in [4.69, 9.17) is 9.47 Å². The summed E-state index contributed by atoms with van der Waals surface area (Å²) in [5.74, 6) is 1.84. The van der Waals surface area contributed by atoms with Gasteiger partial charge in [-0.2, -0.15) is 5.10 Å². The number of aromatic nitrogens is 2. The van der Waals surface area contributed by atoms with Crippen LogP contribution in [-0.2, 0) is 26.3 Å². The van der Waals surface area contributed by atoms with E-state index in [2.05, 4.69) is 70.9 Å². The lowest BCUT2D eigenvalue weighted by Gasteiger charge is -2.16. The number of fused-ring (bicyclic) bond motifs is 4. The van der Waals surface area contributed by atoms with E-state index in [1.165, 1.54) is 60.0 Å². The van der Waals surface area contributed by atoms with Gasteiger partial charge in [-0.3, -0.25) is 9.48 Å². The maximum Gasteiger partial charge on any atom is 0.193 e. The number of hydrogen-bond donors (Lipinski definition) is 0. The third-order valence-electron chi connectivity index (χ3n) is 9.14. The highest BCUT2D eigenvalue weighted by atomic mass is 32.1. The molecule has 0 aliphatic heterocycles. The van der Waals surface area contributed by atoms with Crippen molar-refractivity contribution >= 4 is 28.5 Å². The molecule has 2 aliphatic carbocycles. The summed E-state index contributed by atoms with van der Waals surface area (Å²) < 4.78 is 14.3. The molecule has 0 saturated carbocycles. The molecule has 45 heavy (non-hydrogen) atoms. The van der Waals surface area contributed by atoms with Gasteiger partial charge in [0.2, 0.25) is 0 Å². The Morgan fingerprint density at radius 2 is 1.27 bits per heavy atom. The van der Waals surface area contributed by atoms with Crippen LogP contribution < -0.4 is 9.47 Å². The van der Waals surface area contributed by atoms with Crippen molar-refractivity contribution in [3.63, 3.8) is 0 Å². The number of thiophene rings is 2. The molecule has 0 fully saturated rings. The van der Waals surface area contributed by atoms with Crippen LogP contribution >= 0.6 is 22.7 Å². The Balaban J connectivity index is 0.000000159. The summed E-state index contributed by atoms with van der Waals surface area (Å²) in [4.78, 5) is 15.2. The molecule has 7 rings (SSSR count). The predicted octanol–water partition coefficient (Wildman–Crippen LogP) is 10.5. The maximum absolute atomic E-state index is 12.7. The molecule has 0 bridgehead atoms. The van der Waals surface area contributed by atoms with Gasteiger partial charge < -0.3 is 9.47 Å². The van der Waals surface area contributed by atoms with E-state index in [1.54, 1.807) is 22.7 Å². The number of Topliss-reactive ketones (excluding diaryl/α,β-unsaturated/α-hetero) is 1. The van der Waals surface area contributed by atoms with Crippen molar-refractivity contribution in [1.29, 1.82) is 0 Å². The molecule has 0 atom stereocenters. The zero-order valence-corrected chi connectivity index (χ0v) is 29.0. The molecule has 5 aromatic rings. The predicted molar refractivity (Wildman–Crippen MR) is 186 cm³/mol. The van der Waals surface area contributed by atoms with Gasteiger partial charge in [0.1, 0.15) is 11.5 Å². The number of nitrogens with zero attached hydrogens (tertiary/aromatic N) is 2. The van der Waals surface area contributed by atoms with Crippen molar-refractivity contribution in [2.75, 3.05) is 0 Å². The Morgan fingerprint density at radius 3 is 1.82 bits per heavy atom. The lowest BCUT2D eigenvalue weighted by molar-refractivity contribution is 0.102. The Labute approximate surface area is 274 Å². The molecule has 0 saturated heterocycles. The number of ether oxygens (including phenoxy) is 2. The smallest absolute Gasteiger partial charge is 0.193 e. The summed E-state index contributed by atoms with van der Waals surface area (Å²) in [5.41, 5.74) is 13.0. The second-order valence-electron chi connectivity index (χ2n) is 12.1. The molecule has 7 heteroatoms. The third-order valence-corrected chi connectivity index (χ3v) is 11.2. The van der Waals surface area contributed by atoms with Crippen LogP contribution in [0.25, 0.3) is 11.3 Å². The van der Waals surface area contributed by atoms with Gasteiger partial charge in [0.25, 0.3) is 0 Å². The molecule has 2 aliphatic rings. The normalized spacial score (nSPS) is 14.4.